The molecule has 2 N–H and O–H groups in total. The molecule has 1 aliphatic rings. The van der Waals surface area contributed by atoms with Gasteiger partial charge in [-0.3, -0.25) is 4.79 Å². The summed E-state index contributed by atoms with van der Waals surface area (Å²) in [5.41, 5.74) is 0.705. The van der Waals surface area contributed by atoms with Crippen molar-refractivity contribution in [3.05, 3.63) is 23.8 Å². The fraction of sp³-hybridized carbons (Fsp3) is 0.562. The van der Waals surface area contributed by atoms with E-state index in [2.05, 4.69) is 10.0 Å². The first-order chi connectivity index (χ1) is 11.3. The number of carbonyl (C=O) groups is 1. The quantitative estimate of drug-likeness (QED) is 0.759. The highest BCUT2D eigenvalue weighted by Crippen LogP contribution is 2.21. The minimum atomic E-state index is -3.79. The average Bonchev–Trinajstić information content (AvgIpc) is 3.05. The van der Waals surface area contributed by atoms with Crippen molar-refractivity contribution in [2.75, 3.05) is 20.3 Å². The molecule has 1 heterocycles. The van der Waals surface area contributed by atoms with Crippen LogP contribution in [0.3, 0.4) is 0 Å². The Hall–Kier alpha value is -1.64. The van der Waals surface area contributed by atoms with E-state index in [-0.39, 0.29) is 16.9 Å². The predicted octanol–water partition coefficient (Wildman–Crippen LogP) is 0.966. The van der Waals surface area contributed by atoms with Crippen molar-refractivity contribution in [2.24, 2.45) is 0 Å². The van der Waals surface area contributed by atoms with Crippen molar-refractivity contribution < 1.29 is 22.7 Å². The molecule has 0 aromatic heterocycles. The number of nitrogens with one attached hydrogen (secondary N) is 2. The molecular formula is C16H24N2O5S. The van der Waals surface area contributed by atoms with Gasteiger partial charge in [0.25, 0.3) is 0 Å². The van der Waals surface area contributed by atoms with E-state index in [0.29, 0.717) is 24.5 Å². The van der Waals surface area contributed by atoms with Gasteiger partial charge in [0.1, 0.15) is 5.75 Å². The molecule has 1 aliphatic heterocycles. The van der Waals surface area contributed by atoms with E-state index < -0.39 is 16.1 Å². The molecule has 0 aliphatic carbocycles. The summed E-state index contributed by atoms with van der Waals surface area (Å²) in [5, 5.41) is 2.72. The van der Waals surface area contributed by atoms with Crippen LogP contribution in [0.5, 0.6) is 5.75 Å². The van der Waals surface area contributed by atoms with Gasteiger partial charge in [-0.15, -0.1) is 0 Å². The molecule has 8 heteroatoms. The number of sulfonamides is 1. The van der Waals surface area contributed by atoms with Crippen LogP contribution in [0.4, 0.5) is 0 Å². The molecule has 0 radical (unpaired) electrons. The van der Waals surface area contributed by atoms with Crippen LogP contribution in [-0.2, 0) is 19.6 Å². The van der Waals surface area contributed by atoms with Gasteiger partial charge in [-0.25, -0.2) is 8.42 Å². The molecule has 1 saturated heterocycles. The van der Waals surface area contributed by atoms with Gasteiger partial charge in [0.2, 0.25) is 15.9 Å². The average molecular weight is 356 g/mol. The smallest absolute Gasteiger partial charge is 0.241 e. The Bertz CT molecular complexity index is 684. The van der Waals surface area contributed by atoms with Gasteiger partial charge in [0.05, 0.1) is 24.2 Å². The van der Waals surface area contributed by atoms with Crippen LogP contribution in [-0.4, -0.2) is 46.7 Å². The molecule has 2 rings (SSSR count). The predicted molar refractivity (Wildman–Crippen MR) is 89.5 cm³/mol. The maximum absolute atomic E-state index is 12.4. The molecule has 0 saturated carbocycles. The van der Waals surface area contributed by atoms with Gasteiger partial charge in [0, 0.05) is 13.2 Å². The summed E-state index contributed by atoms with van der Waals surface area (Å²) < 4.78 is 37.7. The summed E-state index contributed by atoms with van der Waals surface area (Å²) in [6.45, 7) is 4.38. The number of benzene rings is 1. The van der Waals surface area contributed by atoms with E-state index in [1.54, 1.807) is 13.0 Å². The maximum atomic E-state index is 12.4. The van der Waals surface area contributed by atoms with E-state index >= 15 is 0 Å². The maximum Gasteiger partial charge on any atom is 0.241 e. The number of amides is 1. The Morgan fingerprint density at radius 2 is 2.21 bits per heavy atom. The molecule has 1 aromatic carbocycles. The summed E-state index contributed by atoms with van der Waals surface area (Å²) >= 11 is 0. The molecule has 0 spiro atoms. The molecular weight excluding hydrogens is 332 g/mol. The van der Waals surface area contributed by atoms with Crippen molar-refractivity contribution >= 4 is 15.9 Å². The van der Waals surface area contributed by atoms with Crippen molar-refractivity contribution in [1.82, 2.24) is 10.0 Å². The summed E-state index contributed by atoms with van der Waals surface area (Å²) in [6, 6.07) is 3.67. The minimum Gasteiger partial charge on any atom is -0.496 e. The topological polar surface area (TPSA) is 93.7 Å². The number of aryl methyl sites for hydroxylation is 1. The molecule has 134 valence electrons. The van der Waals surface area contributed by atoms with Crippen molar-refractivity contribution in [3.63, 3.8) is 0 Å². The van der Waals surface area contributed by atoms with Gasteiger partial charge in [-0.1, -0.05) is 0 Å². The van der Waals surface area contributed by atoms with Gasteiger partial charge in [-0.05, 0) is 50.5 Å². The lowest BCUT2D eigenvalue weighted by molar-refractivity contribution is -0.122. The number of rotatable bonds is 7. The summed E-state index contributed by atoms with van der Waals surface area (Å²) in [6.07, 6.45) is 1.91. The van der Waals surface area contributed by atoms with Gasteiger partial charge < -0.3 is 14.8 Å². The zero-order valence-corrected chi connectivity index (χ0v) is 15.0. The Kier molecular flexibility index (Phi) is 6.20. The molecule has 2 atom stereocenters. The summed E-state index contributed by atoms with van der Waals surface area (Å²) in [4.78, 5) is 12.2. The minimum absolute atomic E-state index is 0.0157. The van der Waals surface area contributed by atoms with E-state index in [9.17, 15) is 13.2 Å². The Balaban J connectivity index is 1.96. The normalized spacial score (nSPS) is 19.0. The van der Waals surface area contributed by atoms with Crippen LogP contribution in [0.25, 0.3) is 0 Å². The van der Waals surface area contributed by atoms with Crippen LogP contribution in [0.15, 0.2) is 23.1 Å². The first-order valence-corrected chi connectivity index (χ1v) is 9.38. The number of ether oxygens (including phenoxy) is 2. The third-order valence-electron chi connectivity index (χ3n) is 3.93. The number of hydrogen-bond acceptors (Lipinski definition) is 5. The number of hydrogen-bond donors (Lipinski definition) is 2. The van der Waals surface area contributed by atoms with Crippen LogP contribution in [0, 0.1) is 6.92 Å². The molecule has 0 bridgehead atoms. The molecule has 7 nitrogen and oxygen atoms in total. The zero-order valence-electron chi connectivity index (χ0n) is 14.2. The van der Waals surface area contributed by atoms with Crippen LogP contribution in [0.1, 0.15) is 25.3 Å². The SMILES string of the molecule is COc1ccc(S(=O)(=O)N[C@@H](C)C(=O)NC[C@@H]2CCCO2)cc1C. The molecule has 1 amide bonds. The second-order valence-corrected chi connectivity index (χ2v) is 7.57. The second-order valence-electron chi connectivity index (χ2n) is 5.85. The standard InChI is InChI=1S/C16H24N2O5S/c1-11-9-14(6-7-15(11)22-3)24(20,21)18-12(2)16(19)17-10-13-5-4-8-23-13/h6-7,9,12-13,18H,4-5,8,10H2,1-3H3,(H,17,19)/t12-,13-/m0/s1. The van der Waals surface area contributed by atoms with Crippen molar-refractivity contribution in [1.29, 1.82) is 0 Å². The zero-order chi connectivity index (χ0) is 17.7. The highest BCUT2D eigenvalue weighted by atomic mass is 32.2. The van der Waals surface area contributed by atoms with Crippen LogP contribution < -0.4 is 14.8 Å². The lowest BCUT2D eigenvalue weighted by Gasteiger charge is -2.17. The van der Waals surface area contributed by atoms with Gasteiger partial charge in [0.15, 0.2) is 0 Å². The van der Waals surface area contributed by atoms with Crippen molar-refractivity contribution in [2.45, 2.75) is 43.7 Å². The first kappa shape index (κ1) is 18.7. The summed E-state index contributed by atoms with van der Waals surface area (Å²) in [5.74, 6) is 0.232. The van der Waals surface area contributed by atoms with Crippen LogP contribution >= 0.6 is 0 Å². The lowest BCUT2D eigenvalue weighted by atomic mass is 10.2. The third-order valence-corrected chi connectivity index (χ3v) is 5.47. The lowest BCUT2D eigenvalue weighted by Crippen LogP contribution is -2.46. The van der Waals surface area contributed by atoms with E-state index in [1.165, 1.54) is 26.2 Å². The summed E-state index contributed by atoms with van der Waals surface area (Å²) in [7, 11) is -2.26. The fourth-order valence-corrected chi connectivity index (χ4v) is 3.83. The Morgan fingerprint density at radius 3 is 2.79 bits per heavy atom. The highest BCUT2D eigenvalue weighted by Gasteiger charge is 2.24. The second kappa shape index (κ2) is 7.96. The molecule has 1 fully saturated rings. The third kappa shape index (κ3) is 4.68. The van der Waals surface area contributed by atoms with Crippen LogP contribution in [0.2, 0.25) is 0 Å². The van der Waals surface area contributed by atoms with E-state index in [4.69, 9.17) is 9.47 Å². The monoisotopic (exact) mass is 356 g/mol. The number of methoxy groups -OCH3 is 1. The molecule has 0 unspecified atom stereocenters. The van der Waals surface area contributed by atoms with Gasteiger partial charge >= 0.3 is 0 Å². The largest absolute Gasteiger partial charge is 0.496 e. The highest BCUT2D eigenvalue weighted by molar-refractivity contribution is 7.89. The van der Waals surface area contributed by atoms with E-state index in [1.807, 2.05) is 0 Å². The molecule has 1 aromatic rings. The first-order valence-electron chi connectivity index (χ1n) is 7.90. The Morgan fingerprint density at radius 1 is 1.46 bits per heavy atom. The number of carbonyl (C=O) groups excluding carboxylic acids is 1. The fourth-order valence-electron chi connectivity index (χ4n) is 2.55. The van der Waals surface area contributed by atoms with E-state index in [0.717, 1.165) is 12.8 Å². The van der Waals surface area contributed by atoms with Gasteiger partial charge in [-0.2, -0.15) is 4.72 Å². The van der Waals surface area contributed by atoms with Crippen molar-refractivity contribution in [3.8, 4) is 5.75 Å². The Labute approximate surface area is 142 Å². The molecule has 24 heavy (non-hydrogen) atoms.